The zero-order valence-corrected chi connectivity index (χ0v) is 12.4. The van der Waals surface area contributed by atoms with E-state index in [1.165, 1.54) is 0 Å². The number of rotatable bonds is 9. The summed E-state index contributed by atoms with van der Waals surface area (Å²) in [7, 11) is 0. The maximum Gasteiger partial charge on any atom is 0.335 e. The highest BCUT2D eigenvalue weighted by molar-refractivity contribution is 9.10. The minimum absolute atomic E-state index is 0.274. The third-order valence-corrected chi connectivity index (χ3v) is 3.62. The third kappa shape index (κ3) is 6.18. The Morgan fingerprint density at radius 2 is 1.95 bits per heavy atom. The maximum atomic E-state index is 10.8. The Balaban J connectivity index is 2.28. The van der Waals surface area contributed by atoms with Crippen molar-refractivity contribution in [3.05, 3.63) is 33.8 Å². The Kier molecular flexibility index (Phi) is 7.70. The average molecular weight is 330 g/mol. The van der Waals surface area contributed by atoms with Gasteiger partial charge >= 0.3 is 5.97 Å². The fourth-order valence-electron chi connectivity index (χ4n) is 1.76. The van der Waals surface area contributed by atoms with E-state index in [0.29, 0.717) is 5.56 Å². The number of carboxylic acids is 1. The van der Waals surface area contributed by atoms with Crippen LogP contribution in [0.2, 0.25) is 0 Å². The molecule has 0 unspecified atom stereocenters. The number of aromatic carboxylic acids is 1. The molecule has 106 valence electrons. The molecule has 19 heavy (non-hydrogen) atoms. The first-order valence-electron chi connectivity index (χ1n) is 6.48. The fraction of sp³-hybridized carbons (Fsp3) is 0.500. The summed E-state index contributed by atoms with van der Waals surface area (Å²) in [5, 5.41) is 20.8. The number of benzene rings is 1. The van der Waals surface area contributed by atoms with Gasteiger partial charge in [-0.3, -0.25) is 0 Å². The van der Waals surface area contributed by atoms with Gasteiger partial charge in [0, 0.05) is 17.6 Å². The summed E-state index contributed by atoms with van der Waals surface area (Å²) in [6.45, 7) is 1.93. The van der Waals surface area contributed by atoms with Gasteiger partial charge < -0.3 is 15.5 Å². The van der Waals surface area contributed by atoms with E-state index >= 15 is 0 Å². The first-order chi connectivity index (χ1) is 9.15. The lowest BCUT2D eigenvalue weighted by Gasteiger charge is -2.07. The second-order valence-corrected chi connectivity index (χ2v) is 5.28. The molecule has 0 spiro atoms. The topological polar surface area (TPSA) is 69.6 Å². The second kappa shape index (κ2) is 9.07. The van der Waals surface area contributed by atoms with Gasteiger partial charge in [-0.05, 0) is 37.1 Å². The molecule has 0 heterocycles. The molecule has 0 aliphatic heterocycles. The normalized spacial score (nSPS) is 10.6. The Bertz CT molecular complexity index is 410. The molecule has 1 rings (SSSR count). The van der Waals surface area contributed by atoms with Crippen LogP contribution in [-0.4, -0.2) is 29.3 Å². The highest BCUT2D eigenvalue weighted by atomic mass is 79.9. The quantitative estimate of drug-likeness (QED) is 0.609. The number of halogens is 1. The molecule has 0 atom stereocenters. The van der Waals surface area contributed by atoms with E-state index in [1.807, 2.05) is 6.07 Å². The Morgan fingerprint density at radius 1 is 1.21 bits per heavy atom. The first-order valence-corrected chi connectivity index (χ1v) is 7.27. The molecule has 0 saturated heterocycles. The number of aliphatic hydroxyl groups excluding tert-OH is 1. The van der Waals surface area contributed by atoms with Crippen LogP contribution >= 0.6 is 15.9 Å². The number of carboxylic acid groups (broad SMARTS) is 1. The summed E-state index contributed by atoms with van der Waals surface area (Å²) >= 11 is 3.39. The van der Waals surface area contributed by atoms with Gasteiger partial charge in [-0.2, -0.15) is 0 Å². The van der Waals surface area contributed by atoms with Crippen molar-refractivity contribution < 1.29 is 15.0 Å². The molecule has 1 aromatic rings. The Labute approximate surface area is 122 Å². The van der Waals surface area contributed by atoms with Gasteiger partial charge in [0.15, 0.2) is 0 Å². The van der Waals surface area contributed by atoms with Crippen molar-refractivity contribution in [1.29, 1.82) is 0 Å². The minimum Gasteiger partial charge on any atom is -0.478 e. The van der Waals surface area contributed by atoms with Gasteiger partial charge in [0.25, 0.3) is 0 Å². The van der Waals surface area contributed by atoms with E-state index < -0.39 is 5.97 Å². The van der Waals surface area contributed by atoms with Crippen LogP contribution in [0.3, 0.4) is 0 Å². The SMILES string of the molecule is O=C(O)c1ccc(CNCCCCCCO)c(Br)c1. The molecule has 1 aromatic carbocycles. The van der Waals surface area contributed by atoms with Crippen molar-refractivity contribution in [3.8, 4) is 0 Å². The number of aliphatic hydroxyl groups is 1. The van der Waals surface area contributed by atoms with Gasteiger partial charge in [-0.1, -0.05) is 34.8 Å². The van der Waals surface area contributed by atoms with Crippen LogP contribution in [0.5, 0.6) is 0 Å². The second-order valence-electron chi connectivity index (χ2n) is 4.43. The molecule has 0 saturated carbocycles. The number of hydrogen-bond acceptors (Lipinski definition) is 3. The standard InChI is InChI=1S/C14H20BrNO3/c15-13-9-11(14(18)19)5-6-12(13)10-16-7-3-1-2-4-8-17/h5-6,9,16-17H,1-4,7-8,10H2,(H,18,19). The predicted octanol–water partition coefficient (Wildman–Crippen LogP) is 2.79. The average Bonchev–Trinajstić information content (AvgIpc) is 2.39. The first kappa shape index (κ1) is 16.1. The van der Waals surface area contributed by atoms with Gasteiger partial charge in [-0.15, -0.1) is 0 Å². The van der Waals surface area contributed by atoms with Gasteiger partial charge in [0.1, 0.15) is 0 Å². The fourth-order valence-corrected chi connectivity index (χ4v) is 2.28. The van der Waals surface area contributed by atoms with Crippen LogP contribution in [-0.2, 0) is 6.54 Å². The molecule has 0 bridgehead atoms. The van der Waals surface area contributed by atoms with E-state index in [2.05, 4.69) is 21.2 Å². The third-order valence-electron chi connectivity index (χ3n) is 2.88. The van der Waals surface area contributed by atoms with Crippen LogP contribution in [0.25, 0.3) is 0 Å². The van der Waals surface area contributed by atoms with Crippen molar-refractivity contribution in [3.63, 3.8) is 0 Å². The van der Waals surface area contributed by atoms with Crippen molar-refractivity contribution in [2.45, 2.75) is 32.2 Å². The van der Waals surface area contributed by atoms with Crippen LogP contribution in [0.1, 0.15) is 41.6 Å². The zero-order chi connectivity index (χ0) is 14.1. The summed E-state index contributed by atoms with van der Waals surface area (Å²) in [5.74, 6) is -0.913. The minimum atomic E-state index is -0.913. The molecule has 0 aliphatic carbocycles. The van der Waals surface area contributed by atoms with Crippen molar-refractivity contribution in [2.75, 3.05) is 13.2 Å². The lowest BCUT2D eigenvalue weighted by molar-refractivity contribution is 0.0697. The number of hydrogen-bond donors (Lipinski definition) is 3. The number of carbonyl (C=O) groups is 1. The highest BCUT2D eigenvalue weighted by Gasteiger charge is 2.06. The lowest BCUT2D eigenvalue weighted by Crippen LogP contribution is -2.15. The summed E-state index contributed by atoms with van der Waals surface area (Å²) < 4.78 is 0.820. The molecule has 4 nitrogen and oxygen atoms in total. The molecule has 0 aromatic heterocycles. The van der Waals surface area contributed by atoms with Crippen molar-refractivity contribution >= 4 is 21.9 Å². The van der Waals surface area contributed by atoms with Crippen LogP contribution < -0.4 is 5.32 Å². The number of nitrogens with one attached hydrogen (secondary N) is 1. The highest BCUT2D eigenvalue weighted by Crippen LogP contribution is 2.18. The Hall–Kier alpha value is -0.910. The largest absolute Gasteiger partial charge is 0.478 e. The molecular formula is C14H20BrNO3. The Morgan fingerprint density at radius 3 is 2.58 bits per heavy atom. The number of unbranched alkanes of at least 4 members (excludes halogenated alkanes) is 3. The molecule has 0 fully saturated rings. The predicted molar refractivity (Wildman–Crippen MR) is 78.4 cm³/mol. The van der Waals surface area contributed by atoms with Crippen molar-refractivity contribution in [1.82, 2.24) is 5.32 Å². The summed E-state index contributed by atoms with van der Waals surface area (Å²) in [5.41, 5.74) is 1.35. The zero-order valence-electron chi connectivity index (χ0n) is 10.9. The van der Waals surface area contributed by atoms with E-state index in [-0.39, 0.29) is 6.61 Å². The molecule has 0 radical (unpaired) electrons. The van der Waals surface area contributed by atoms with Gasteiger partial charge in [-0.25, -0.2) is 4.79 Å². The summed E-state index contributed by atoms with van der Waals surface area (Å²) in [6.07, 6.45) is 4.15. The monoisotopic (exact) mass is 329 g/mol. The van der Waals surface area contributed by atoms with E-state index in [4.69, 9.17) is 10.2 Å². The molecular weight excluding hydrogens is 310 g/mol. The molecule has 0 aliphatic rings. The van der Waals surface area contributed by atoms with E-state index in [1.54, 1.807) is 12.1 Å². The van der Waals surface area contributed by atoms with Gasteiger partial charge in [0.2, 0.25) is 0 Å². The molecule has 5 heteroatoms. The van der Waals surface area contributed by atoms with Crippen LogP contribution in [0.15, 0.2) is 22.7 Å². The van der Waals surface area contributed by atoms with Crippen LogP contribution in [0.4, 0.5) is 0 Å². The van der Waals surface area contributed by atoms with E-state index in [9.17, 15) is 4.79 Å². The van der Waals surface area contributed by atoms with Crippen LogP contribution in [0, 0.1) is 0 Å². The van der Waals surface area contributed by atoms with E-state index in [0.717, 1.165) is 48.8 Å². The summed E-state index contributed by atoms with van der Waals surface area (Å²) in [6, 6.07) is 5.07. The van der Waals surface area contributed by atoms with Gasteiger partial charge in [0.05, 0.1) is 5.56 Å². The maximum absolute atomic E-state index is 10.8. The smallest absolute Gasteiger partial charge is 0.335 e. The summed E-state index contributed by atoms with van der Waals surface area (Å²) in [4.78, 5) is 10.8. The van der Waals surface area contributed by atoms with Crippen molar-refractivity contribution in [2.24, 2.45) is 0 Å². The lowest BCUT2D eigenvalue weighted by atomic mass is 10.1. The molecule has 0 amide bonds. The molecule has 3 N–H and O–H groups in total.